The Bertz CT molecular complexity index is 440. The number of hydrogen-bond acceptors (Lipinski definition) is 4. The van der Waals surface area contributed by atoms with E-state index in [1.165, 1.54) is 13.1 Å². The normalized spacial score (nSPS) is 13.7. The molecule has 6 nitrogen and oxygen atoms in total. The predicted molar refractivity (Wildman–Crippen MR) is 64.2 cm³/mol. The first-order valence-corrected chi connectivity index (χ1v) is 5.45. The molecule has 1 unspecified atom stereocenters. The van der Waals surface area contributed by atoms with Crippen molar-refractivity contribution in [3.63, 3.8) is 0 Å². The number of carboxylic acids is 1. The molecule has 0 bridgehead atoms. The fourth-order valence-corrected chi connectivity index (χ4v) is 1.36. The Morgan fingerprint density at radius 1 is 1.44 bits per heavy atom. The summed E-state index contributed by atoms with van der Waals surface area (Å²) in [4.78, 5) is 26.1. The number of rotatable bonds is 5. The minimum absolute atomic E-state index is 0.133. The summed E-state index contributed by atoms with van der Waals surface area (Å²) in [5.41, 5.74) is -0.309. The maximum atomic E-state index is 11.7. The van der Waals surface area contributed by atoms with E-state index in [4.69, 9.17) is 5.11 Å². The van der Waals surface area contributed by atoms with Crippen LogP contribution in [0.15, 0.2) is 18.3 Å². The van der Waals surface area contributed by atoms with Crippen molar-refractivity contribution in [3.05, 3.63) is 29.6 Å². The van der Waals surface area contributed by atoms with Crippen LogP contribution < -0.4 is 5.32 Å². The summed E-state index contributed by atoms with van der Waals surface area (Å²) in [6.07, 6.45) is 0.996. The maximum absolute atomic E-state index is 11.7. The number of hydrogen-bond donors (Lipinski definition) is 3. The number of aromatic nitrogens is 1. The Hall–Kier alpha value is -1.95. The number of aryl methyl sites for hydroxylation is 1. The molecule has 0 saturated carbocycles. The lowest BCUT2D eigenvalue weighted by atomic mass is 10.0. The van der Waals surface area contributed by atoms with E-state index in [0.29, 0.717) is 5.56 Å². The molecule has 0 spiro atoms. The molecular weight excluding hydrogens is 236 g/mol. The van der Waals surface area contributed by atoms with E-state index in [-0.39, 0.29) is 6.54 Å². The smallest absolute Gasteiger partial charge is 0.306 e. The molecule has 0 aliphatic rings. The van der Waals surface area contributed by atoms with E-state index in [1.807, 2.05) is 0 Å². The number of aliphatic carboxylic acids is 1. The van der Waals surface area contributed by atoms with Crippen LogP contribution in [0.25, 0.3) is 0 Å². The molecule has 0 aliphatic heterocycles. The molecule has 0 fully saturated rings. The monoisotopic (exact) mass is 252 g/mol. The third kappa shape index (κ3) is 4.50. The summed E-state index contributed by atoms with van der Waals surface area (Å²) in [7, 11) is 0. The predicted octanol–water partition coefficient (Wildman–Crippen LogP) is 0.346. The first-order valence-electron chi connectivity index (χ1n) is 5.45. The van der Waals surface area contributed by atoms with Gasteiger partial charge in [-0.2, -0.15) is 0 Å². The lowest BCUT2D eigenvalue weighted by Crippen LogP contribution is -2.42. The average Bonchev–Trinajstić information content (AvgIpc) is 2.25. The highest BCUT2D eigenvalue weighted by Gasteiger charge is 2.24. The molecule has 3 N–H and O–H groups in total. The van der Waals surface area contributed by atoms with Crippen LogP contribution >= 0.6 is 0 Å². The largest absolute Gasteiger partial charge is 0.481 e. The summed E-state index contributed by atoms with van der Waals surface area (Å²) in [6.45, 7) is 3.03. The number of carboxylic acid groups (broad SMARTS) is 1. The Balaban J connectivity index is 2.55. The van der Waals surface area contributed by atoms with Crippen molar-refractivity contribution in [1.82, 2.24) is 10.3 Å². The van der Waals surface area contributed by atoms with E-state index < -0.39 is 23.9 Å². The highest BCUT2D eigenvalue weighted by molar-refractivity contribution is 5.93. The van der Waals surface area contributed by atoms with Gasteiger partial charge in [0.25, 0.3) is 5.91 Å². The van der Waals surface area contributed by atoms with Crippen molar-refractivity contribution in [2.24, 2.45) is 0 Å². The van der Waals surface area contributed by atoms with Crippen molar-refractivity contribution < 1.29 is 19.8 Å². The molecule has 1 atom stereocenters. The van der Waals surface area contributed by atoms with Gasteiger partial charge in [-0.3, -0.25) is 14.6 Å². The average molecular weight is 252 g/mol. The van der Waals surface area contributed by atoms with Crippen LogP contribution in [0.5, 0.6) is 0 Å². The maximum Gasteiger partial charge on any atom is 0.306 e. The van der Waals surface area contributed by atoms with Gasteiger partial charge in [-0.15, -0.1) is 0 Å². The Kier molecular flexibility index (Phi) is 4.38. The Morgan fingerprint density at radius 2 is 2.11 bits per heavy atom. The van der Waals surface area contributed by atoms with Gasteiger partial charge in [0.05, 0.1) is 17.6 Å². The topological polar surface area (TPSA) is 99.5 Å². The van der Waals surface area contributed by atoms with Crippen LogP contribution in [0.1, 0.15) is 29.4 Å². The van der Waals surface area contributed by atoms with Crippen LogP contribution in [0.3, 0.4) is 0 Å². The van der Waals surface area contributed by atoms with Gasteiger partial charge in [0.1, 0.15) is 0 Å². The molecule has 1 rings (SSSR count). The van der Waals surface area contributed by atoms with Gasteiger partial charge in [-0.25, -0.2) is 0 Å². The molecule has 6 heteroatoms. The van der Waals surface area contributed by atoms with E-state index in [9.17, 15) is 14.7 Å². The van der Waals surface area contributed by atoms with Crippen molar-refractivity contribution in [2.75, 3.05) is 6.54 Å². The molecule has 1 heterocycles. The molecule has 0 radical (unpaired) electrons. The summed E-state index contributed by atoms with van der Waals surface area (Å²) in [5.74, 6) is -1.51. The van der Waals surface area contributed by atoms with Crippen LogP contribution in [-0.4, -0.2) is 39.2 Å². The number of pyridine rings is 1. The van der Waals surface area contributed by atoms with Crippen molar-refractivity contribution >= 4 is 11.9 Å². The zero-order valence-corrected chi connectivity index (χ0v) is 10.3. The number of carbonyl (C=O) groups excluding carboxylic acids is 1. The number of nitrogens with zero attached hydrogens (tertiary/aromatic N) is 1. The van der Waals surface area contributed by atoms with Gasteiger partial charge >= 0.3 is 5.97 Å². The number of aliphatic hydroxyl groups is 1. The second-order valence-electron chi connectivity index (χ2n) is 4.44. The summed E-state index contributed by atoms with van der Waals surface area (Å²) < 4.78 is 0. The van der Waals surface area contributed by atoms with Gasteiger partial charge in [0, 0.05) is 18.4 Å². The number of nitrogens with one attached hydrogen (secondary N) is 1. The fourth-order valence-electron chi connectivity index (χ4n) is 1.36. The van der Waals surface area contributed by atoms with Crippen LogP contribution in [0, 0.1) is 6.92 Å². The molecule has 1 amide bonds. The second-order valence-corrected chi connectivity index (χ2v) is 4.44. The minimum Gasteiger partial charge on any atom is -0.481 e. The number of carbonyl (C=O) groups is 2. The third-order valence-corrected chi connectivity index (χ3v) is 2.34. The lowest BCUT2D eigenvalue weighted by Gasteiger charge is -2.21. The van der Waals surface area contributed by atoms with Gasteiger partial charge in [-0.05, 0) is 26.0 Å². The van der Waals surface area contributed by atoms with Crippen LogP contribution in [0.2, 0.25) is 0 Å². The summed E-state index contributed by atoms with van der Waals surface area (Å²) >= 11 is 0. The zero-order chi connectivity index (χ0) is 13.8. The molecule has 98 valence electrons. The van der Waals surface area contributed by atoms with E-state index in [2.05, 4.69) is 10.3 Å². The van der Waals surface area contributed by atoms with Gasteiger partial charge < -0.3 is 15.5 Å². The molecule has 0 aromatic carbocycles. The molecule has 0 saturated heterocycles. The quantitative estimate of drug-likeness (QED) is 0.702. The standard InChI is InChI=1S/C12H16N2O4/c1-8-3-4-9(6-13-8)11(17)14-7-12(2,18)5-10(15)16/h3-4,6,18H,5,7H2,1-2H3,(H,14,17)(H,15,16). The summed E-state index contributed by atoms with van der Waals surface area (Å²) in [6, 6.07) is 3.31. The van der Waals surface area contributed by atoms with Crippen LogP contribution in [0.4, 0.5) is 0 Å². The van der Waals surface area contributed by atoms with E-state index in [0.717, 1.165) is 5.69 Å². The van der Waals surface area contributed by atoms with Crippen LogP contribution in [-0.2, 0) is 4.79 Å². The van der Waals surface area contributed by atoms with Gasteiger partial charge in [0.2, 0.25) is 0 Å². The molecule has 1 aromatic heterocycles. The van der Waals surface area contributed by atoms with Crippen molar-refractivity contribution in [2.45, 2.75) is 25.9 Å². The first kappa shape index (κ1) is 14.1. The van der Waals surface area contributed by atoms with Crippen molar-refractivity contribution in [1.29, 1.82) is 0 Å². The molecule has 18 heavy (non-hydrogen) atoms. The van der Waals surface area contributed by atoms with Crippen molar-refractivity contribution in [3.8, 4) is 0 Å². The SMILES string of the molecule is Cc1ccc(C(=O)NCC(C)(O)CC(=O)O)cn1. The Morgan fingerprint density at radius 3 is 2.61 bits per heavy atom. The van der Waals surface area contributed by atoms with E-state index in [1.54, 1.807) is 19.1 Å². The second kappa shape index (κ2) is 5.59. The third-order valence-electron chi connectivity index (χ3n) is 2.34. The summed E-state index contributed by atoms with van der Waals surface area (Å²) in [5, 5.41) is 20.8. The van der Waals surface area contributed by atoms with E-state index >= 15 is 0 Å². The number of amides is 1. The zero-order valence-electron chi connectivity index (χ0n) is 10.3. The lowest BCUT2D eigenvalue weighted by molar-refractivity contribution is -0.141. The fraction of sp³-hybridized carbons (Fsp3) is 0.417. The highest BCUT2D eigenvalue weighted by Crippen LogP contribution is 2.08. The molecule has 0 aliphatic carbocycles. The van der Waals surface area contributed by atoms with Gasteiger partial charge in [0.15, 0.2) is 0 Å². The van der Waals surface area contributed by atoms with Gasteiger partial charge in [-0.1, -0.05) is 0 Å². The highest BCUT2D eigenvalue weighted by atomic mass is 16.4. The minimum atomic E-state index is -1.47. The molecule has 1 aromatic rings. The first-order chi connectivity index (χ1) is 8.30. The Labute approximate surface area is 105 Å². The molecular formula is C12H16N2O4.